The van der Waals surface area contributed by atoms with E-state index in [-0.39, 0.29) is 5.97 Å². The molecule has 0 saturated carbocycles. The van der Waals surface area contributed by atoms with E-state index in [4.69, 9.17) is 10.00 Å². The fraction of sp³-hybridized carbons (Fsp3) is 0.312. The van der Waals surface area contributed by atoms with E-state index in [0.29, 0.717) is 28.8 Å². The quantitative estimate of drug-likeness (QED) is 0.791. The summed E-state index contributed by atoms with van der Waals surface area (Å²) < 4.78 is 6.09. The van der Waals surface area contributed by atoms with Gasteiger partial charge in [0.1, 0.15) is 6.04 Å². The van der Waals surface area contributed by atoms with Crippen LogP contribution < -0.4 is 5.32 Å². The van der Waals surface area contributed by atoms with E-state index in [9.17, 15) is 4.79 Å². The summed E-state index contributed by atoms with van der Waals surface area (Å²) in [5.74, 6) is -0.0884. The molecular weight excluding hydrogens is 378 g/mol. The minimum atomic E-state index is -0.450. The maximum absolute atomic E-state index is 12.3. The van der Waals surface area contributed by atoms with Crippen LogP contribution in [-0.2, 0) is 9.53 Å². The second-order valence-corrected chi connectivity index (χ2v) is 6.60. The van der Waals surface area contributed by atoms with Gasteiger partial charge in [-0.3, -0.25) is 0 Å². The highest BCUT2D eigenvalue weighted by molar-refractivity contribution is 9.10. The largest absolute Gasteiger partial charge is 0.463 e. The number of amidine groups is 1. The van der Waals surface area contributed by atoms with Crippen molar-refractivity contribution in [3.63, 3.8) is 0 Å². The summed E-state index contributed by atoms with van der Waals surface area (Å²) in [5.41, 5.74) is 2.08. The summed E-state index contributed by atoms with van der Waals surface area (Å²) in [5, 5.41) is 12.5. The summed E-state index contributed by atoms with van der Waals surface area (Å²) in [6.07, 6.45) is 0. The van der Waals surface area contributed by atoms with Gasteiger partial charge in [0.25, 0.3) is 0 Å². The van der Waals surface area contributed by atoms with Crippen molar-refractivity contribution >= 4 is 38.8 Å². The number of nitrogens with one attached hydrogen (secondary N) is 1. The number of benzene rings is 1. The normalized spacial score (nSPS) is 17.1. The van der Waals surface area contributed by atoms with E-state index in [1.807, 2.05) is 31.2 Å². The van der Waals surface area contributed by atoms with Crippen molar-refractivity contribution in [3.8, 4) is 6.07 Å². The van der Waals surface area contributed by atoms with Crippen LogP contribution >= 0.6 is 27.7 Å². The van der Waals surface area contributed by atoms with Gasteiger partial charge < -0.3 is 10.1 Å². The Morgan fingerprint density at radius 2 is 2.35 bits per heavy atom. The minimum absolute atomic E-state index is 0.291. The topological polar surface area (TPSA) is 74.5 Å². The number of rotatable bonds is 4. The van der Waals surface area contributed by atoms with Gasteiger partial charge in [-0.1, -0.05) is 39.8 Å². The van der Waals surface area contributed by atoms with Gasteiger partial charge in [-0.15, -0.1) is 0 Å². The average Bonchev–Trinajstić information content (AvgIpc) is 2.52. The Morgan fingerprint density at radius 3 is 3.00 bits per heavy atom. The first kappa shape index (κ1) is 17.6. The van der Waals surface area contributed by atoms with Gasteiger partial charge in [-0.05, 0) is 31.5 Å². The molecule has 1 atom stereocenters. The third-order valence-electron chi connectivity index (χ3n) is 3.15. The van der Waals surface area contributed by atoms with Crippen LogP contribution in [0.2, 0.25) is 0 Å². The molecule has 0 amide bonds. The minimum Gasteiger partial charge on any atom is -0.463 e. The van der Waals surface area contributed by atoms with E-state index in [1.54, 1.807) is 6.92 Å². The molecule has 1 aromatic rings. The van der Waals surface area contributed by atoms with Crippen LogP contribution in [0.5, 0.6) is 0 Å². The lowest BCUT2D eigenvalue weighted by atomic mass is 9.97. The lowest BCUT2D eigenvalue weighted by Crippen LogP contribution is -2.30. The van der Waals surface area contributed by atoms with Crippen LogP contribution in [0, 0.1) is 11.3 Å². The molecule has 1 aliphatic rings. The van der Waals surface area contributed by atoms with Crippen molar-refractivity contribution in [1.29, 1.82) is 5.26 Å². The highest BCUT2D eigenvalue weighted by Gasteiger charge is 2.30. The Hall–Kier alpha value is -1.78. The van der Waals surface area contributed by atoms with Gasteiger partial charge in [0, 0.05) is 10.2 Å². The zero-order valence-electron chi connectivity index (χ0n) is 12.8. The van der Waals surface area contributed by atoms with Crippen molar-refractivity contribution in [3.05, 3.63) is 45.6 Å². The SMILES string of the molecule is CCOC(=O)C1=C(C)NC(SCC#N)=N[C@@H]1c1cccc(Br)c1. The Morgan fingerprint density at radius 1 is 1.57 bits per heavy atom. The number of halogens is 1. The van der Waals surface area contributed by atoms with Crippen LogP contribution in [0.3, 0.4) is 0 Å². The molecule has 1 aromatic carbocycles. The van der Waals surface area contributed by atoms with E-state index < -0.39 is 6.04 Å². The predicted octanol–water partition coefficient (Wildman–Crippen LogP) is 3.54. The van der Waals surface area contributed by atoms with Crippen LogP contribution in [0.25, 0.3) is 0 Å². The van der Waals surface area contributed by atoms with Gasteiger partial charge in [0.15, 0.2) is 5.17 Å². The molecule has 0 aliphatic carbocycles. The summed E-state index contributed by atoms with van der Waals surface area (Å²) >= 11 is 4.75. The number of hydrogen-bond donors (Lipinski definition) is 1. The van der Waals surface area contributed by atoms with Gasteiger partial charge in [-0.2, -0.15) is 5.26 Å². The number of allylic oxidation sites excluding steroid dienone is 1. The highest BCUT2D eigenvalue weighted by atomic mass is 79.9. The van der Waals surface area contributed by atoms with Gasteiger partial charge >= 0.3 is 5.97 Å². The lowest BCUT2D eigenvalue weighted by Gasteiger charge is -2.25. The number of carbonyl (C=O) groups excluding carboxylic acids is 1. The number of nitrogens with zero attached hydrogens (tertiary/aromatic N) is 2. The fourth-order valence-corrected chi connectivity index (χ4v) is 3.24. The molecule has 0 saturated heterocycles. The molecule has 0 spiro atoms. The molecule has 0 radical (unpaired) electrons. The highest BCUT2D eigenvalue weighted by Crippen LogP contribution is 2.33. The fourth-order valence-electron chi connectivity index (χ4n) is 2.21. The zero-order chi connectivity index (χ0) is 16.8. The summed E-state index contributed by atoms with van der Waals surface area (Å²) in [4.78, 5) is 16.9. The predicted molar refractivity (Wildman–Crippen MR) is 94.9 cm³/mol. The monoisotopic (exact) mass is 393 g/mol. The number of aliphatic imine (C=N–C) groups is 1. The molecule has 2 rings (SSSR count). The number of carbonyl (C=O) groups is 1. The Labute approximate surface area is 147 Å². The summed E-state index contributed by atoms with van der Waals surface area (Å²) in [6, 6.07) is 9.29. The molecule has 0 bridgehead atoms. The van der Waals surface area contributed by atoms with Crippen molar-refractivity contribution in [2.75, 3.05) is 12.4 Å². The Kier molecular flexibility index (Phi) is 6.25. The number of esters is 1. The maximum Gasteiger partial charge on any atom is 0.338 e. The Bertz CT molecular complexity index is 710. The molecule has 23 heavy (non-hydrogen) atoms. The van der Waals surface area contributed by atoms with E-state index in [0.717, 1.165) is 10.0 Å². The molecule has 0 unspecified atom stereocenters. The van der Waals surface area contributed by atoms with Crippen LogP contribution in [-0.4, -0.2) is 23.5 Å². The second kappa shape index (κ2) is 8.18. The zero-order valence-corrected chi connectivity index (χ0v) is 15.2. The molecule has 120 valence electrons. The summed E-state index contributed by atoms with van der Waals surface area (Å²) in [7, 11) is 0. The van der Waals surface area contributed by atoms with Crippen LogP contribution in [0.15, 0.2) is 45.0 Å². The number of hydrogen-bond acceptors (Lipinski definition) is 6. The molecular formula is C16H16BrN3O2S. The first-order valence-electron chi connectivity index (χ1n) is 7.04. The summed E-state index contributed by atoms with van der Waals surface area (Å²) in [6.45, 7) is 3.90. The molecule has 1 aliphatic heterocycles. The van der Waals surface area contributed by atoms with Crippen LogP contribution in [0.1, 0.15) is 25.5 Å². The third-order valence-corrected chi connectivity index (χ3v) is 4.40. The number of nitriles is 1. The Balaban J connectivity index is 2.43. The first-order valence-corrected chi connectivity index (χ1v) is 8.82. The molecule has 1 heterocycles. The average molecular weight is 394 g/mol. The van der Waals surface area contributed by atoms with E-state index >= 15 is 0 Å². The first-order chi connectivity index (χ1) is 11.1. The van der Waals surface area contributed by atoms with Crippen molar-refractivity contribution in [1.82, 2.24) is 5.32 Å². The van der Waals surface area contributed by atoms with Gasteiger partial charge in [-0.25, -0.2) is 9.79 Å². The van der Waals surface area contributed by atoms with Crippen LogP contribution in [0.4, 0.5) is 0 Å². The van der Waals surface area contributed by atoms with Crippen molar-refractivity contribution < 1.29 is 9.53 Å². The molecule has 0 fully saturated rings. The van der Waals surface area contributed by atoms with Gasteiger partial charge in [0.05, 0.1) is 24.0 Å². The number of ether oxygens (including phenoxy) is 1. The van der Waals surface area contributed by atoms with Crippen molar-refractivity contribution in [2.24, 2.45) is 4.99 Å². The second-order valence-electron chi connectivity index (χ2n) is 4.72. The number of thioether (sulfide) groups is 1. The van der Waals surface area contributed by atoms with E-state index in [2.05, 4.69) is 32.3 Å². The van der Waals surface area contributed by atoms with E-state index in [1.165, 1.54) is 11.8 Å². The van der Waals surface area contributed by atoms with Gasteiger partial charge in [0.2, 0.25) is 0 Å². The smallest absolute Gasteiger partial charge is 0.338 e. The molecule has 1 N–H and O–H groups in total. The molecule has 5 nitrogen and oxygen atoms in total. The molecule has 0 aromatic heterocycles. The third kappa shape index (κ3) is 4.36. The standard InChI is InChI=1S/C16H16BrN3O2S/c1-3-22-15(21)13-10(2)19-16(23-8-7-18)20-14(13)11-5-4-6-12(17)9-11/h4-6,9,14H,3,8H2,1-2H3,(H,19,20)/t14-/m1/s1. The maximum atomic E-state index is 12.3. The van der Waals surface area contributed by atoms with Crippen molar-refractivity contribution in [2.45, 2.75) is 19.9 Å². The lowest BCUT2D eigenvalue weighted by molar-refractivity contribution is -0.138. The molecule has 7 heteroatoms.